The van der Waals surface area contributed by atoms with E-state index < -0.39 is 0 Å². The highest BCUT2D eigenvalue weighted by Crippen LogP contribution is 2.31. The molecule has 2 N–H and O–H groups in total. The van der Waals surface area contributed by atoms with Crippen LogP contribution < -0.4 is 17.0 Å². The lowest BCUT2D eigenvalue weighted by Gasteiger charge is -2.09. The number of alkyl halides is 1. The number of hydrogen-bond acceptors (Lipinski definition) is 7. The maximum absolute atomic E-state index is 12.5. The van der Waals surface area contributed by atoms with Gasteiger partial charge in [0.15, 0.2) is 0 Å². The topological polar surface area (TPSA) is 95.8 Å². The fourth-order valence-electron chi connectivity index (χ4n) is 2.34. The predicted octanol–water partition coefficient (Wildman–Crippen LogP) is 1.34. The molecule has 2 heterocycles. The molecule has 3 aromatic rings. The number of fused-ring (bicyclic) bond motifs is 1. The fraction of sp³-hybridized carbons (Fsp3) is 0.375. The average Bonchev–Trinajstić information content (AvgIpc) is 3.16. The molecule has 0 unspecified atom stereocenters. The van der Waals surface area contributed by atoms with Crippen molar-refractivity contribution in [2.24, 2.45) is 12.8 Å². The van der Waals surface area contributed by atoms with E-state index in [4.69, 9.17) is 5.73 Å². The molecule has 4 rings (SSSR count). The van der Waals surface area contributed by atoms with E-state index >= 15 is 0 Å². The van der Waals surface area contributed by atoms with Crippen molar-refractivity contribution in [3.63, 3.8) is 0 Å². The monoisotopic (exact) mass is 395 g/mol. The number of aromatic nitrogens is 4. The van der Waals surface area contributed by atoms with E-state index in [1.807, 2.05) is 0 Å². The molecule has 1 aromatic carbocycles. The summed E-state index contributed by atoms with van der Waals surface area (Å²) < 4.78 is 14.0. The average molecular weight is 395 g/mol. The van der Waals surface area contributed by atoms with E-state index in [9.17, 15) is 14.0 Å². The molecule has 0 spiro atoms. The second-order valence-electron chi connectivity index (χ2n) is 6.26. The Morgan fingerprint density at radius 2 is 2.12 bits per heavy atom. The van der Waals surface area contributed by atoms with E-state index in [0.717, 1.165) is 17.4 Å². The van der Waals surface area contributed by atoms with Crippen LogP contribution in [-0.4, -0.2) is 31.5 Å². The maximum Gasteiger partial charge on any atom is 0.331 e. The quantitative estimate of drug-likeness (QED) is 0.653. The van der Waals surface area contributed by atoms with E-state index in [0.29, 0.717) is 20.8 Å². The van der Waals surface area contributed by atoms with Gasteiger partial charge in [0.1, 0.15) is 17.2 Å². The lowest BCUT2D eigenvalue weighted by atomic mass is 10.2. The first kappa shape index (κ1) is 18.7. The maximum atomic E-state index is 12.5. The van der Waals surface area contributed by atoms with Gasteiger partial charge in [-0.1, -0.05) is 0 Å². The Morgan fingerprint density at radius 1 is 1.38 bits per heavy atom. The fourth-order valence-corrected chi connectivity index (χ4v) is 3.06. The van der Waals surface area contributed by atoms with E-state index in [2.05, 4.69) is 22.8 Å². The Kier molecular flexibility index (Phi) is 5.26. The number of rotatable bonds is 3. The lowest BCUT2D eigenvalue weighted by Crippen LogP contribution is -2.39. The molecule has 1 saturated carbocycles. The Labute approximate surface area is 157 Å². The number of halogens is 1. The van der Waals surface area contributed by atoms with Gasteiger partial charge in [-0.25, -0.2) is 9.18 Å². The van der Waals surface area contributed by atoms with Crippen LogP contribution in [0.2, 0.25) is 0 Å². The highest BCUT2D eigenvalue weighted by molar-refractivity contribution is 7.80. The standard InChI is InChI=1S/C12H10N4O2S2.C4H8FN/c1-15-9-3-2-7(19)4-8(9)11(17)16(12(15)18)5-10-14-13-6-20-10;5-3-4(6)1-2-4/h2-4,6,19H,5H2,1H3;1-3,6H2. The third-order valence-corrected chi connectivity index (χ3v) is 5.15. The number of benzene rings is 1. The Balaban J connectivity index is 0.000000278. The Hall–Kier alpha value is -2.04. The molecule has 1 aliphatic carbocycles. The minimum absolute atomic E-state index is 0.128. The molecule has 1 aliphatic rings. The van der Waals surface area contributed by atoms with Crippen molar-refractivity contribution in [3.8, 4) is 0 Å². The summed E-state index contributed by atoms with van der Waals surface area (Å²) in [5.41, 5.74) is 6.34. The molecule has 0 atom stereocenters. The van der Waals surface area contributed by atoms with Gasteiger partial charge < -0.3 is 5.73 Å². The summed E-state index contributed by atoms with van der Waals surface area (Å²) in [7, 11) is 1.64. The third-order valence-electron chi connectivity index (χ3n) is 4.19. The van der Waals surface area contributed by atoms with Gasteiger partial charge in [0.25, 0.3) is 5.56 Å². The van der Waals surface area contributed by atoms with E-state index in [1.54, 1.807) is 30.8 Å². The summed E-state index contributed by atoms with van der Waals surface area (Å²) >= 11 is 5.54. The van der Waals surface area contributed by atoms with Crippen LogP contribution in [0.3, 0.4) is 0 Å². The first-order chi connectivity index (χ1) is 12.3. The van der Waals surface area contributed by atoms with E-state index in [-0.39, 0.29) is 30.0 Å². The minimum Gasteiger partial charge on any atom is -0.323 e. The third kappa shape index (κ3) is 3.87. The molecular formula is C16H18FN5O2S2. The summed E-state index contributed by atoms with van der Waals surface area (Å²) in [6.45, 7) is -0.212. The minimum atomic E-state index is -0.375. The first-order valence-corrected chi connectivity index (χ1v) is 9.20. The summed E-state index contributed by atoms with van der Waals surface area (Å²) in [6.07, 6.45) is 1.76. The van der Waals surface area contributed by atoms with Gasteiger partial charge in [-0.15, -0.1) is 34.2 Å². The molecule has 0 aliphatic heterocycles. The van der Waals surface area contributed by atoms with Crippen LogP contribution in [0.25, 0.3) is 10.9 Å². The number of aryl methyl sites for hydroxylation is 1. The van der Waals surface area contributed by atoms with Crippen LogP contribution in [0.5, 0.6) is 0 Å². The summed E-state index contributed by atoms with van der Waals surface area (Å²) in [5, 5.41) is 8.65. The summed E-state index contributed by atoms with van der Waals surface area (Å²) in [6, 6.07) is 5.13. The largest absolute Gasteiger partial charge is 0.331 e. The molecular weight excluding hydrogens is 377 g/mol. The molecule has 0 radical (unpaired) electrons. The van der Waals surface area contributed by atoms with Crippen LogP contribution in [-0.2, 0) is 13.6 Å². The first-order valence-electron chi connectivity index (χ1n) is 7.87. The second kappa shape index (κ2) is 7.29. The van der Waals surface area contributed by atoms with Crippen molar-refractivity contribution in [2.75, 3.05) is 6.67 Å². The van der Waals surface area contributed by atoms with Crippen LogP contribution in [0.15, 0.2) is 38.2 Å². The number of hydrogen-bond donors (Lipinski definition) is 2. The summed E-state index contributed by atoms with van der Waals surface area (Å²) in [5.74, 6) is 0. The molecule has 26 heavy (non-hydrogen) atoms. The molecule has 138 valence electrons. The smallest absolute Gasteiger partial charge is 0.323 e. The molecule has 0 bridgehead atoms. The van der Waals surface area contributed by atoms with Crippen molar-refractivity contribution in [3.05, 3.63) is 49.6 Å². The van der Waals surface area contributed by atoms with Gasteiger partial charge in [0, 0.05) is 17.5 Å². The molecule has 1 fully saturated rings. The Bertz CT molecular complexity index is 1040. The zero-order valence-electron chi connectivity index (χ0n) is 14.1. The SMILES string of the molecule is Cn1c(=O)n(Cc2nncs2)c(=O)c2cc(S)ccc21.NC1(CF)CC1. The van der Waals surface area contributed by atoms with Gasteiger partial charge in [-0.3, -0.25) is 13.9 Å². The number of nitrogens with two attached hydrogens (primary N) is 1. The summed E-state index contributed by atoms with van der Waals surface area (Å²) in [4.78, 5) is 25.4. The van der Waals surface area contributed by atoms with Crippen molar-refractivity contribution >= 4 is 34.9 Å². The van der Waals surface area contributed by atoms with Crippen molar-refractivity contribution in [2.45, 2.75) is 29.8 Å². The van der Waals surface area contributed by atoms with Gasteiger partial charge in [0.05, 0.1) is 17.4 Å². The van der Waals surface area contributed by atoms with Crippen molar-refractivity contribution in [1.29, 1.82) is 0 Å². The highest BCUT2D eigenvalue weighted by Gasteiger charge is 2.37. The second-order valence-corrected chi connectivity index (χ2v) is 7.70. The van der Waals surface area contributed by atoms with Crippen LogP contribution >= 0.6 is 24.0 Å². The number of thiol groups is 1. The van der Waals surface area contributed by atoms with E-state index in [1.165, 1.54) is 15.9 Å². The van der Waals surface area contributed by atoms with Crippen LogP contribution in [0.4, 0.5) is 4.39 Å². The molecule has 0 amide bonds. The predicted molar refractivity (Wildman–Crippen MR) is 102 cm³/mol. The normalized spacial score (nSPS) is 14.8. The Morgan fingerprint density at radius 3 is 2.65 bits per heavy atom. The number of nitrogens with zero attached hydrogens (tertiary/aromatic N) is 4. The van der Waals surface area contributed by atoms with Gasteiger partial charge in [0.2, 0.25) is 0 Å². The van der Waals surface area contributed by atoms with Gasteiger partial charge in [-0.2, -0.15) is 0 Å². The van der Waals surface area contributed by atoms with Crippen molar-refractivity contribution < 1.29 is 4.39 Å². The molecule has 2 aromatic heterocycles. The molecule has 7 nitrogen and oxygen atoms in total. The zero-order chi connectivity index (χ0) is 18.9. The lowest BCUT2D eigenvalue weighted by molar-refractivity contribution is 0.417. The van der Waals surface area contributed by atoms with Crippen LogP contribution in [0, 0.1) is 0 Å². The zero-order valence-corrected chi connectivity index (χ0v) is 15.8. The van der Waals surface area contributed by atoms with Crippen LogP contribution in [0.1, 0.15) is 17.8 Å². The molecule has 0 saturated heterocycles. The van der Waals surface area contributed by atoms with Crippen molar-refractivity contribution in [1.82, 2.24) is 19.3 Å². The van der Waals surface area contributed by atoms with Gasteiger partial charge >= 0.3 is 5.69 Å². The highest BCUT2D eigenvalue weighted by atomic mass is 32.1. The molecule has 10 heteroatoms. The van der Waals surface area contributed by atoms with Gasteiger partial charge in [-0.05, 0) is 31.0 Å².